The number of nitrogens with zero attached hydrogens (tertiary/aromatic N) is 1. The number of hydrogen-bond donors (Lipinski definition) is 2. The number of fused-ring (bicyclic) bond motifs is 1. The Morgan fingerprint density at radius 2 is 1.84 bits per heavy atom. The standard InChI is InChI=1S/C17H17N3O4S/c1-12(17(21)19-24-11-13-7-3-2-4-8-13)18-16-14-9-5-6-10-15(14)25(22,23)20-16/h2-10,12H,11H2,1H3,(H,18,20)(H,19,21)/t12-/m0/s1. The van der Waals surface area contributed by atoms with Crippen molar-refractivity contribution in [3.05, 3.63) is 65.7 Å². The van der Waals surface area contributed by atoms with Gasteiger partial charge in [0.25, 0.3) is 15.9 Å². The lowest BCUT2D eigenvalue weighted by atomic mass is 10.2. The van der Waals surface area contributed by atoms with Gasteiger partial charge in [0.2, 0.25) is 0 Å². The molecular formula is C17H17N3O4S. The minimum Gasteiger partial charge on any atom is -0.270 e. The minimum absolute atomic E-state index is 0.154. The van der Waals surface area contributed by atoms with Crippen LogP contribution in [0.2, 0.25) is 0 Å². The summed E-state index contributed by atoms with van der Waals surface area (Å²) in [5.41, 5.74) is 3.69. The first-order valence-electron chi connectivity index (χ1n) is 7.63. The Hall–Kier alpha value is -2.71. The predicted molar refractivity (Wildman–Crippen MR) is 92.1 cm³/mol. The van der Waals surface area contributed by atoms with Crippen LogP contribution in [-0.2, 0) is 26.3 Å². The van der Waals surface area contributed by atoms with Gasteiger partial charge >= 0.3 is 0 Å². The van der Waals surface area contributed by atoms with Crippen LogP contribution in [-0.4, -0.2) is 26.2 Å². The van der Waals surface area contributed by atoms with Crippen molar-refractivity contribution < 1.29 is 18.0 Å². The van der Waals surface area contributed by atoms with E-state index in [1.807, 2.05) is 30.3 Å². The number of carbonyl (C=O) groups excluding carboxylic acids is 1. The second-order valence-electron chi connectivity index (χ2n) is 5.50. The molecule has 0 bridgehead atoms. The molecule has 2 aromatic rings. The molecule has 1 atom stereocenters. The van der Waals surface area contributed by atoms with E-state index in [1.165, 1.54) is 6.07 Å². The Morgan fingerprint density at radius 1 is 1.16 bits per heavy atom. The van der Waals surface area contributed by atoms with Crippen LogP contribution in [0.4, 0.5) is 0 Å². The number of amidine groups is 1. The van der Waals surface area contributed by atoms with Gasteiger partial charge in [-0.1, -0.05) is 42.5 Å². The largest absolute Gasteiger partial charge is 0.270 e. The number of hydroxylamine groups is 1. The summed E-state index contributed by atoms with van der Waals surface area (Å²) in [6.07, 6.45) is 0. The molecular weight excluding hydrogens is 342 g/mol. The molecule has 7 nitrogen and oxygen atoms in total. The molecule has 130 valence electrons. The molecule has 25 heavy (non-hydrogen) atoms. The van der Waals surface area contributed by atoms with Crippen LogP contribution in [0.15, 0.2) is 64.5 Å². The number of aliphatic imine (C=N–C) groups is 1. The van der Waals surface area contributed by atoms with Crippen molar-refractivity contribution >= 4 is 21.8 Å². The summed E-state index contributed by atoms with van der Waals surface area (Å²) < 4.78 is 26.4. The van der Waals surface area contributed by atoms with Crippen LogP contribution in [0.1, 0.15) is 18.1 Å². The maximum Gasteiger partial charge on any atom is 0.268 e. The molecule has 0 unspecified atom stereocenters. The summed E-state index contributed by atoms with van der Waals surface area (Å²) in [4.78, 5) is 21.6. The summed E-state index contributed by atoms with van der Waals surface area (Å²) >= 11 is 0. The Bertz CT molecular complexity index is 911. The van der Waals surface area contributed by atoms with E-state index in [0.29, 0.717) is 5.56 Å². The zero-order valence-corrected chi connectivity index (χ0v) is 14.3. The van der Waals surface area contributed by atoms with Crippen LogP contribution >= 0.6 is 0 Å². The highest BCUT2D eigenvalue weighted by atomic mass is 32.2. The molecule has 0 aromatic heterocycles. The van der Waals surface area contributed by atoms with Crippen molar-refractivity contribution in [1.29, 1.82) is 0 Å². The molecule has 2 aromatic carbocycles. The molecule has 1 aliphatic rings. The highest BCUT2D eigenvalue weighted by molar-refractivity contribution is 7.90. The second kappa shape index (κ2) is 7.04. The zero-order chi connectivity index (χ0) is 17.9. The van der Waals surface area contributed by atoms with Gasteiger partial charge in [0.05, 0.1) is 11.5 Å². The average Bonchev–Trinajstić information content (AvgIpc) is 2.86. The van der Waals surface area contributed by atoms with Crippen molar-refractivity contribution in [1.82, 2.24) is 10.2 Å². The highest BCUT2D eigenvalue weighted by Crippen LogP contribution is 2.22. The van der Waals surface area contributed by atoms with Crippen LogP contribution in [0.5, 0.6) is 0 Å². The van der Waals surface area contributed by atoms with E-state index in [1.54, 1.807) is 25.1 Å². The topological polar surface area (TPSA) is 96.9 Å². The third-order valence-corrected chi connectivity index (χ3v) is 5.02. The maximum atomic E-state index is 12.1. The third-order valence-electron chi connectivity index (χ3n) is 3.62. The lowest BCUT2D eigenvalue weighted by Gasteiger charge is -2.10. The first kappa shape index (κ1) is 17.1. The number of nitrogens with one attached hydrogen (secondary N) is 2. The predicted octanol–water partition coefficient (Wildman–Crippen LogP) is 1.36. The fourth-order valence-corrected chi connectivity index (χ4v) is 3.57. The summed E-state index contributed by atoms with van der Waals surface area (Å²) in [7, 11) is -3.62. The molecule has 8 heteroatoms. The lowest BCUT2D eigenvalue weighted by molar-refractivity contribution is -0.135. The van der Waals surface area contributed by atoms with Gasteiger partial charge in [0.15, 0.2) is 0 Å². The van der Waals surface area contributed by atoms with Gasteiger partial charge in [-0.3, -0.25) is 19.3 Å². The fourth-order valence-electron chi connectivity index (χ4n) is 2.33. The van der Waals surface area contributed by atoms with Gasteiger partial charge < -0.3 is 0 Å². The quantitative estimate of drug-likeness (QED) is 0.788. The van der Waals surface area contributed by atoms with Crippen molar-refractivity contribution in [2.75, 3.05) is 0 Å². The Labute approximate surface area is 145 Å². The molecule has 0 saturated carbocycles. The third kappa shape index (κ3) is 3.86. The minimum atomic E-state index is -3.62. The van der Waals surface area contributed by atoms with E-state index in [-0.39, 0.29) is 17.3 Å². The van der Waals surface area contributed by atoms with Crippen molar-refractivity contribution in [2.45, 2.75) is 24.5 Å². The second-order valence-corrected chi connectivity index (χ2v) is 7.15. The molecule has 0 radical (unpaired) electrons. The highest BCUT2D eigenvalue weighted by Gasteiger charge is 2.31. The molecule has 0 aliphatic carbocycles. The number of rotatable bonds is 5. The van der Waals surface area contributed by atoms with E-state index in [9.17, 15) is 13.2 Å². The molecule has 1 aliphatic heterocycles. The number of carbonyl (C=O) groups is 1. The van der Waals surface area contributed by atoms with E-state index in [4.69, 9.17) is 4.84 Å². The van der Waals surface area contributed by atoms with E-state index in [0.717, 1.165) is 5.56 Å². The van der Waals surface area contributed by atoms with Gasteiger partial charge in [0, 0.05) is 5.56 Å². The fraction of sp³-hybridized carbons (Fsp3) is 0.176. The molecule has 1 amide bonds. The zero-order valence-electron chi connectivity index (χ0n) is 13.5. The molecule has 3 rings (SSSR count). The van der Waals surface area contributed by atoms with E-state index < -0.39 is 22.0 Å². The first-order chi connectivity index (χ1) is 12.0. The molecule has 0 fully saturated rings. The van der Waals surface area contributed by atoms with Crippen LogP contribution < -0.4 is 10.2 Å². The van der Waals surface area contributed by atoms with Crippen molar-refractivity contribution in [3.8, 4) is 0 Å². The first-order valence-corrected chi connectivity index (χ1v) is 9.11. The average molecular weight is 359 g/mol. The molecule has 0 saturated heterocycles. The monoisotopic (exact) mass is 359 g/mol. The number of benzene rings is 2. The summed E-state index contributed by atoms with van der Waals surface area (Å²) in [5, 5.41) is 0. The summed E-state index contributed by atoms with van der Waals surface area (Å²) in [6, 6.07) is 15.0. The van der Waals surface area contributed by atoms with Crippen molar-refractivity contribution in [2.24, 2.45) is 4.99 Å². The van der Waals surface area contributed by atoms with E-state index in [2.05, 4.69) is 15.2 Å². The normalized spacial score (nSPS) is 17.6. The number of hydrogen-bond acceptors (Lipinski definition) is 5. The SMILES string of the molecule is C[C@H](N=C1NS(=O)(=O)c2ccccc21)C(=O)NOCc1ccccc1. The Morgan fingerprint density at radius 3 is 2.60 bits per heavy atom. The van der Waals surface area contributed by atoms with Crippen LogP contribution in [0, 0.1) is 0 Å². The van der Waals surface area contributed by atoms with Gasteiger partial charge in [-0.25, -0.2) is 13.9 Å². The van der Waals surface area contributed by atoms with Crippen LogP contribution in [0.25, 0.3) is 0 Å². The van der Waals surface area contributed by atoms with Gasteiger partial charge in [0.1, 0.15) is 11.9 Å². The Balaban J connectivity index is 1.64. The van der Waals surface area contributed by atoms with Gasteiger partial charge in [-0.2, -0.15) is 0 Å². The molecule has 2 N–H and O–H groups in total. The lowest BCUT2D eigenvalue weighted by Crippen LogP contribution is -2.33. The number of amides is 1. The summed E-state index contributed by atoms with van der Waals surface area (Å²) in [6.45, 7) is 1.79. The van der Waals surface area contributed by atoms with Gasteiger partial charge in [-0.15, -0.1) is 0 Å². The molecule has 1 heterocycles. The molecule has 0 spiro atoms. The Kier molecular flexibility index (Phi) is 4.82. The van der Waals surface area contributed by atoms with Crippen molar-refractivity contribution in [3.63, 3.8) is 0 Å². The summed E-state index contributed by atoms with van der Waals surface area (Å²) in [5.74, 6) is -0.312. The maximum absolute atomic E-state index is 12.1. The van der Waals surface area contributed by atoms with Crippen LogP contribution in [0.3, 0.4) is 0 Å². The van der Waals surface area contributed by atoms with Gasteiger partial charge in [-0.05, 0) is 24.6 Å². The smallest absolute Gasteiger partial charge is 0.268 e. The van der Waals surface area contributed by atoms with E-state index >= 15 is 0 Å². The number of sulfonamides is 1.